The maximum Gasteiger partial charge on any atom is 0.310 e. The number of hydrogen-bond donors (Lipinski definition) is 1. The van der Waals surface area contributed by atoms with Gasteiger partial charge in [-0.25, -0.2) is 0 Å². The number of carbonyl (C=O) groups is 2. The fourth-order valence-corrected chi connectivity index (χ4v) is 2.50. The number of fused-ring (bicyclic) bond motifs is 1. The van der Waals surface area contributed by atoms with Gasteiger partial charge in [0.2, 0.25) is 5.78 Å². The Morgan fingerprint density at radius 2 is 2.05 bits per heavy atom. The molecule has 1 aliphatic rings. The highest BCUT2D eigenvalue weighted by molar-refractivity contribution is 6.05. The van der Waals surface area contributed by atoms with Crippen molar-refractivity contribution in [3.8, 4) is 0 Å². The van der Waals surface area contributed by atoms with Gasteiger partial charge in [0.1, 0.15) is 5.69 Å². The van der Waals surface area contributed by atoms with Gasteiger partial charge in [0.25, 0.3) is 5.91 Å². The number of carbonyl (C=O) groups excluding carboxylic acids is 2. The van der Waals surface area contributed by atoms with E-state index >= 15 is 0 Å². The zero-order valence-electron chi connectivity index (χ0n) is 13.1. The Balaban J connectivity index is 2.20. The lowest BCUT2D eigenvalue weighted by atomic mass is 9.93. The van der Waals surface area contributed by atoms with Crippen molar-refractivity contribution in [2.75, 3.05) is 33.7 Å². The molecule has 0 bridgehead atoms. The van der Waals surface area contributed by atoms with Crippen molar-refractivity contribution < 1.29 is 18.4 Å². The Hall–Kier alpha value is -1.76. The van der Waals surface area contributed by atoms with Crippen LogP contribution in [0.3, 0.4) is 0 Å². The maximum atomic E-state index is 13.5. The van der Waals surface area contributed by atoms with E-state index in [4.69, 9.17) is 0 Å². The Kier molecular flexibility index (Phi) is 4.65. The largest absolute Gasteiger partial charge is 0.354 e. The predicted molar refractivity (Wildman–Crippen MR) is 78.5 cm³/mol. The summed E-state index contributed by atoms with van der Waals surface area (Å²) in [6.45, 7) is 3.61. The third-order valence-corrected chi connectivity index (χ3v) is 3.88. The van der Waals surface area contributed by atoms with E-state index in [-0.39, 0.29) is 23.6 Å². The number of likely N-dealkylation sites (N-methyl/N-ethyl adjacent to an activating group) is 2. The summed E-state index contributed by atoms with van der Waals surface area (Å²) in [7, 11) is 3.82. The van der Waals surface area contributed by atoms with Crippen LogP contribution in [0, 0.1) is 0 Å². The second-order valence-corrected chi connectivity index (χ2v) is 5.80. The van der Waals surface area contributed by atoms with Crippen LogP contribution in [0.4, 0.5) is 8.78 Å². The zero-order chi connectivity index (χ0) is 16.5. The molecular formula is C15H21F2N3O2. The van der Waals surface area contributed by atoms with E-state index in [0.29, 0.717) is 25.3 Å². The first-order valence-corrected chi connectivity index (χ1v) is 7.34. The second-order valence-electron chi connectivity index (χ2n) is 5.80. The molecule has 0 spiro atoms. The minimum atomic E-state index is -3.33. The van der Waals surface area contributed by atoms with E-state index in [9.17, 15) is 18.4 Å². The molecular weight excluding hydrogens is 292 g/mol. The van der Waals surface area contributed by atoms with Crippen molar-refractivity contribution >= 4 is 11.7 Å². The van der Waals surface area contributed by atoms with Crippen molar-refractivity contribution in [3.63, 3.8) is 0 Å². The molecule has 0 unspecified atom stereocenters. The molecule has 0 radical (unpaired) electrons. The van der Waals surface area contributed by atoms with Crippen LogP contribution >= 0.6 is 0 Å². The van der Waals surface area contributed by atoms with E-state index in [0.717, 1.165) is 0 Å². The first-order valence-electron chi connectivity index (χ1n) is 7.34. The molecule has 5 nitrogen and oxygen atoms in total. The molecule has 1 aliphatic carbocycles. The highest BCUT2D eigenvalue weighted by Crippen LogP contribution is 2.33. The Labute approximate surface area is 128 Å². The number of rotatable bonds is 5. The molecule has 1 amide bonds. The quantitative estimate of drug-likeness (QED) is 0.902. The summed E-state index contributed by atoms with van der Waals surface area (Å²) in [6, 6.07) is 1.27. The van der Waals surface area contributed by atoms with Gasteiger partial charge in [0.05, 0.1) is 0 Å². The van der Waals surface area contributed by atoms with Crippen LogP contribution in [-0.4, -0.2) is 66.1 Å². The van der Waals surface area contributed by atoms with Gasteiger partial charge in [-0.3, -0.25) is 9.59 Å². The molecule has 0 atom stereocenters. The Morgan fingerprint density at radius 1 is 1.36 bits per heavy atom. The Morgan fingerprint density at radius 3 is 2.64 bits per heavy atom. The summed E-state index contributed by atoms with van der Waals surface area (Å²) < 4.78 is 26.9. The number of alkyl halides is 2. The minimum Gasteiger partial charge on any atom is -0.354 e. The minimum absolute atomic E-state index is 0.0525. The molecule has 22 heavy (non-hydrogen) atoms. The predicted octanol–water partition coefficient (Wildman–Crippen LogP) is 1.80. The summed E-state index contributed by atoms with van der Waals surface area (Å²) in [6.07, 6.45) is -0.434. The van der Waals surface area contributed by atoms with Gasteiger partial charge in [0, 0.05) is 37.3 Å². The third kappa shape index (κ3) is 3.19. The van der Waals surface area contributed by atoms with Crippen molar-refractivity contribution in [2.24, 2.45) is 0 Å². The number of aromatic amines is 1. The second kappa shape index (κ2) is 6.16. The number of hydrogen-bond acceptors (Lipinski definition) is 3. The molecule has 1 aromatic heterocycles. The third-order valence-electron chi connectivity index (χ3n) is 3.88. The van der Waals surface area contributed by atoms with Crippen molar-refractivity contribution in [2.45, 2.75) is 25.7 Å². The normalized spacial score (nSPS) is 16.7. The van der Waals surface area contributed by atoms with E-state index in [2.05, 4.69) is 4.98 Å². The molecule has 7 heteroatoms. The summed E-state index contributed by atoms with van der Waals surface area (Å²) in [5.74, 6) is -4.79. The molecule has 122 valence electrons. The number of nitrogens with zero attached hydrogens (tertiary/aromatic N) is 2. The molecule has 0 saturated carbocycles. The molecule has 0 fully saturated rings. The first-order chi connectivity index (χ1) is 10.3. The maximum absolute atomic E-state index is 13.5. The number of aromatic nitrogens is 1. The summed E-state index contributed by atoms with van der Waals surface area (Å²) in [4.78, 5) is 30.6. The van der Waals surface area contributed by atoms with Gasteiger partial charge < -0.3 is 14.8 Å². The van der Waals surface area contributed by atoms with Crippen LogP contribution in [0.1, 0.15) is 39.9 Å². The van der Waals surface area contributed by atoms with Gasteiger partial charge in [-0.1, -0.05) is 0 Å². The smallest absolute Gasteiger partial charge is 0.310 e. The van der Waals surface area contributed by atoms with E-state index in [1.54, 1.807) is 4.90 Å². The van der Waals surface area contributed by atoms with E-state index in [1.807, 2.05) is 25.9 Å². The molecule has 1 N–H and O–H groups in total. The molecule has 0 saturated heterocycles. The monoisotopic (exact) mass is 313 g/mol. The van der Waals surface area contributed by atoms with Crippen molar-refractivity contribution in [1.29, 1.82) is 0 Å². The average molecular weight is 313 g/mol. The highest BCUT2D eigenvalue weighted by Gasteiger charge is 2.44. The van der Waals surface area contributed by atoms with Gasteiger partial charge >= 0.3 is 5.92 Å². The van der Waals surface area contributed by atoms with Crippen molar-refractivity contribution in [1.82, 2.24) is 14.8 Å². The van der Waals surface area contributed by atoms with Crippen molar-refractivity contribution in [3.05, 3.63) is 23.0 Å². The van der Waals surface area contributed by atoms with Crippen LogP contribution in [0.25, 0.3) is 0 Å². The van der Waals surface area contributed by atoms with Crippen LogP contribution in [0.15, 0.2) is 6.07 Å². The standard InChI is InChI=1S/C15H21F2N3O2/c1-4-20(8-7-19(2)3)14(22)12-9-10-11(18-12)5-6-15(16,17)13(10)21/h9,18H,4-8H2,1-3H3. The van der Waals surface area contributed by atoms with Gasteiger partial charge in [-0.15, -0.1) is 0 Å². The van der Waals surface area contributed by atoms with Crippen LogP contribution < -0.4 is 0 Å². The lowest BCUT2D eigenvalue weighted by molar-refractivity contribution is 0.00188. The SMILES string of the molecule is CCN(CCN(C)C)C(=O)c1cc2c([nH]1)CCC(F)(F)C2=O. The highest BCUT2D eigenvalue weighted by atomic mass is 19.3. The van der Waals surface area contributed by atoms with E-state index in [1.165, 1.54) is 6.07 Å². The molecule has 1 aromatic rings. The fourth-order valence-electron chi connectivity index (χ4n) is 2.50. The lowest BCUT2D eigenvalue weighted by Crippen LogP contribution is -2.36. The summed E-state index contributed by atoms with van der Waals surface area (Å²) in [5.41, 5.74) is 0.586. The molecule has 2 rings (SSSR count). The summed E-state index contributed by atoms with van der Waals surface area (Å²) >= 11 is 0. The molecule has 1 heterocycles. The lowest BCUT2D eigenvalue weighted by Gasteiger charge is -2.22. The Bertz CT molecular complexity index is 581. The van der Waals surface area contributed by atoms with E-state index < -0.39 is 18.1 Å². The average Bonchev–Trinajstić information content (AvgIpc) is 2.88. The number of amides is 1. The number of Topliss-reactive ketones (excluding diaryl/α,β-unsaturated/α-hetero) is 1. The first kappa shape index (κ1) is 16.6. The number of halogens is 2. The van der Waals surface area contributed by atoms with Crippen LogP contribution in [-0.2, 0) is 6.42 Å². The zero-order valence-corrected chi connectivity index (χ0v) is 13.1. The number of nitrogens with one attached hydrogen (secondary N) is 1. The fraction of sp³-hybridized carbons (Fsp3) is 0.600. The molecule has 0 aliphatic heterocycles. The topological polar surface area (TPSA) is 56.4 Å². The van der Waals surface area contributed by atoms with Crippen LogP contribution in [0.2, 0.25) is 0 Å². The molecule has 0 aromatic carbocycles. The summed E-state index contributed by atoms with van der Waals surface area (Å²) in [5, 5.41) is 0. The van der Waals surface area contributed by atoms with Crippen LogP contribution in [0.5, 0.6) is 0 Å². The van der Waals surface area contributed by atoms with Gasteiger partial charge in [-0.05, 0) is 33.5 Å². The number of H-pyrrole nitrogens is 1. The number of ketones is 1. The number of aryl methyl sites for hydroxylation is 1. The van der Waals surface area contributed by atoms with Gasteiger partial charge in [-0.2, -0.15) is 8.78 Å². The van der Waals surface area contributed by atoms with Gasteiger partial charge in [0.15, 0.2) is 0 Å².